The lowest BCUT2D eigenvalue weighted by Gasteiger charge is -2.63. The average molecular weight is 472 g/mol. The van der Waals surface area contributed by atoms with E-state index in [1.54, 1.807) is 0 Å². The van der Waals surface area contributed by atoms with E-state index in [1.165, 1.54) is 0 Å². The zero-order chi connectivity index (χ0) is 24.4. The fourth-order valence-electron chi connectivity index (χ4n) is 9.25. The number of anilines is 1. The van der Waals surface area contributed by atoms with Crippen molar-refractivity contribution in [2.75, 3.05) is 5.73 Å². The van der Waals surface area contributed by atoms with Crippen molar-refractivity contribution in [3.63, 3.8) is 0 Å². The highest BCUT2D eigenvalue weighted by atomic mass is 16.4. The van der Waals surface area contributed by atoms with E-state index < -0.39 is 0 Å². The molecule has 0 saturated heterocycles. The van der Waals surface area contributed by atoms with E-state index in [9.17, 15) is 15.3 Å². The lowest BCUT2D eigenvalue weighted by molar-refractivity contribution is -0.207. The molecule has 1 aromatic heterocycles. The second-order valence-corrected chi connectivity index (χ2v) is 12.5. The van der Waals surface area contributed by atoms with Crippen LogP contribution in [-0.4, -0.2) is 38.6 Å². The van der Waals surface area contributed by atoms with Gasteiger partial charge in [0.25, 0.3) is 0 Å². The molecule has 5 rings (SSSR count). The maximum absolute atomic E-state index is 11.7. The maximum Gasteiger partial charge on any atom is 0.229 e. The topological polar surface area (TPSA) is 137 Å². The van der Waals surface area contributed by atoms with Gasteiger partial charge >= 0.3 is 0 Å². The van der Waals surface area contributed by atoms with Crippen molar-refractivity contribution in [3.8, 4) is 6.07 Å². The summed E-state index contributed by atoms with van der Waals surface area (Å²) >= 11 is 0. The second-order valence-electron chi connectivity index (χ2n) is 12.5. The zero-order valence-corrected chi connectivity index (χ0v) is 20.8. The number of hydrogen-bond acceptors (Lipinski definition) is 7. The molecule has 34 heavy (non-hydrogen) atoms. The Kier molecular flexibility index (Phi) is 6.02. The molecule has 0 radical (unpaired) electrons. The minimum Gasteiger partial charge on any atom is -0.424 e. The van der Waals surface area contributed by atoms with Gasteiger partial charge in [-0.1, -0.05) is 20.8 Å². The molecule has 7 heteroatoms. The molecule has 1 heterocycles. The van der Waals surface area contributed by atoms with E-state index in [-0.39, 0.29) is 46.6 Å². The predicted molar refractivity (Wildman–Crippen MR) is 127 cm³/mol. The number of nitrogen functional groups attached to an aromatic ring is 1. The summed E-state index contributed by atoms with van der Waals surface area (Å²) in [5, 5.41) is 42.4. The summed E-state index contributed by atoms with van der Waals surface area (Å²) in [4.78, 5) is 4.20. The van der Waals surface area contributed by atoms with Gasteiger partial charge in [-0.2, -0.15) is 5.26 Å². The van der Waals surface area contributed by atoms with Gasteiger partial charge in [0.1, 0.15) is 6.07 Å². The van der Waals surface area contributed by atoms with Crippen LogP contribution in [0.3, 0.4) is 0 Å². The summed E-state index contributed by atoms with van der Waals surface area (Å²) < 4.78 is 5.47. The number of nitriles is 1. The van der Waals surface area contributed by atoms with Crippen LogP contribution in [-0.2, 0) is 6.42 Å². The first kappa shape index (κ1) is 24.1. The number of hydrogen-bond donors (Lipinski definition) is 4. The summed E-state index contributed by atoms with van der Waals surface area (Å²) in [6.07, 6.45) is 6.76. The first-order chi connectivity index (χ1) is 16.1. The SMILES string of the molecule is C[C@H](CCc1nc(C#N)c(N)o1)[C@H]1CC[C@H]2[C@@H]3[C@H](O)C[C@H]4C[C@H](O)CC[C@]4(C)[C@H]3C[C@H](O)[C@]12C. The van der Waals surface area contributed by atoms with E-state index >= 15 is 0 Å². The molecule has 0 amide bonds. The van der Waals surface area contributed by atoms with Crippen molar-refractivity contribution in [1.29, 1.82) is 5.26 Å². The minimum absolute atomic E-state index is 0.0834. The minimum atomic E-state index is -0.383. The van der Waals surface area contributed by atoms with Crippen molar-refractivity contribution >= 4 is 5.88 Å². The van der Waals surface area contributed by atoms with Gasteiger partial charge in [-0.05, 0) is 97.7 Å². The average Bonchev–Trinajstić information content (AvgIpc) is 3.34. The number of rotatable bonds is 4. The highest BCUT2D eigenvalue weighted by Gasteiger charge is 2.65. The molecule has 4 aliphatic rings. The van der Waals surface area contributed by atoms with Crippen molar-refractivity contribution in [1.82, 2.24) is 4.98 Å². The van der Waals surface area contributed by atoms with Crippen LogP contribution in [0.4, 0.5) is 5.88 Å². The normalized spacial score (nSPS) is 46.7. The van der Waals surface area contributed by atoms with Crippen molar-refractivity contribution in [2.45, 2.75) is 96.9 Å². The molecule has 5 N–H and O–H groups in total. The fraction of sp³-hybridized carbons (Fsp3) is 0.852. The molecule has 0 aromatic carbocycles. The van der Waals surface area contributed by atoms with Crippen LogP contribution in [0, 0.1) is 57.7 Å². The van der Waals surface area contributed by atoms with Crippen LogP contribution in [0.25, 0.3) is 0 Å². The standard InChI is InChI=1S/C27H41N3O4/c1-14(4-7-23-30-20(13-28)25(29)34-23)17-5-6-18-24-19(12-22(33)27(17,18)3)26(2)9-8-16(31)10-15(26)11-21(24)32/h14-19,21-22,24,31-33H,4-12,29H2,1-3H3/t14-,15-,16-,17-,18+,19+,21-,22+,24+,26+,27-/m1/s1. The predicted octanol–water partition coefficient (Wildman–Crippen LogP) is 3.66. The van der Waals surface area contributed by atoms with Crippen LogP contribution in [0.2, 0.25) is 0 Å². The van der Waals surface area contributed by atoms with E-state index in [0.29, 0.717) is 41.9 Å². The third-order valence-corrected chi connectivity index (χ3v) is 11.1. The Labute approximate surface area is 202 Å². The number of nitrogens with two attached hydrogens (primary N) is 1. The number of fused-ring (bicyclic) bond motifs is 5. The Hall–Kier alpha value is -1.62. The van der Waals surface area contributed by atoms with E-state index in [2.05, 4.69) is 25.8 Å². The highest BCUT2D eigenvalue weighted by Crippen LogP contribution is 2.68. The molecular weight excluding hydrogens is 430 g/mol. The largest absolute Gasteiger partial charge is 0.424 e. The molecule has 0 aliphatic heterocycles. The molecule has 188 valence electrons. The summed E-state index contributed by atoms with van der Waals surface area (Å²) in [6, 6.07) is 1.96. The molecule has 7 nitrogen and oxygen atoms in total. The third kappa shape index (κ3) is 3.51. The van der Waals surface area contributed by atoms with Crippen LogP contribution in [0.1, 0.15) is 83.7 Å². The summed E-state index contributed by atoms with van der Waals surface area (Å²) in [7, 11) is 0. The lowest BCUT2D eigenvalue weighted by atomic mass is 9.43. The Morgan fingerprint density at radius 2 is 1.91 bits per heavy atom. The smallest absolute Gasteiger partial charge is 0.229 e. The number of nitrogens with zero attached hydrogens (tertiary/aromatic N) is 2. The monoisotopic (exact) mass is 471 g/mol. The third-order valence-electron chi connectivity index (χ3n) is 11.1. The first-order valence-electron chi connectivity index (χ1n) is 13.3. The molecule has 0 spiro atoms. The number of aliphatic hydroxyl groups is 3. The van der Waals surface area contributed by atoms with Crippen molar-refractivity contribution < 1.29 is 19.7 Å². The summed E-state index contributed by atoms with van der Waals surface area (Å²) in [5.74, 6) is 2.51. The Bertz CT molecular complexity index is 958. The fourth-order valence-corrected chi connectivity index (χ4v) is 9.25. The Morgan fingerprint density at radius 1 is 1.15 bits per heavy atom. The van der Waals surface area contributed by atoms with Gasteiger partial charge in [0, 0.05) is 6.42 Å². The highest BCUT2D eigenvalue weighted by molar-refractivity contribution is 5.40. The summed E-state index contributed by atoms with van der Waals surface area (Å²) in [5.41, 5.74) is 5.76. The number of aryl methyl sites for hydroxylation is 1. The molecular formula is C27H41N3O4. The molecule has 4 fully saturated rings. The van der Waals surface area contributed by atoms with Crippen molar-refractivity contribution in [3.05, 3.63) is 11.6 Å². The molecule has 1 aromatic rings. The van der Waals surface area contributed by atoms with E-state index in [1.807, 2.05) is 6.07 Å². The van der Waals surface area contributed by atoms with Gasteiger partial charge in [0.05, 0.1) is 18.3 Å². The molecule has 0 bridgehead atoms. The zero-order valence-electron chi connectivity index (χ0n) is 20.8. The maximum atomic E-state index is 11.7. The lowest BCUT2D eigenvalue weighted by Crippen LogP contribution is -2.62. The van der Waals surface area contributed by atoms with Gasteiger partial charge in [-0.3, -0.25) is 0 Å². The summed E-state index contributed by atoms with van der Waals surface area (Å²) in [6.45, 7) is 6.90. The van der Waals surface area contributed by atoms with E-state index in [4.69, 9.17) is 15.4 Å². The Balaban J connectivity index is 1.35. The molecule has 11 atom stereocenters. The van der Waals surface area contributed by atoms with Crippen molar-refractivity contribution in [2.24, 2.45) is 46.3 Å². The van der Waals surface area contributed by atoms with Crippen LogP contribution in [0.5, 0.6) is 0 Å². The molecule has 4 saturated carbocycles. The van der Waals surface area contributed by atoms with E-state index in [0.717, 1.165) is 51.4 Å². The molecule has 0 unspecified atom stereocenters. The number of aliphatic hydroxyl groups excluding tert-OH is 3. The van der Waals surface area contributed by atoms with Crippen LogP contribution < -0.4 is 5.73 Å². The first-order valence-corrected chi connectivity index (χ1v) is 13.3. The van der Waals surface area contributed by atoms with Gasteiger partial charge in [-0.25, -0.2) is 4.98 Å². The number of aromatic nitrogens is 1. The number of oxazole rings is 1. The Morgan fingerprint density at radius 3 is 2.62 bits per heavy atom. The molecule has 4 aliphatic carbocycles. The quantitative estimate of drug-likeness (QED) is 0.526. The second kappa shape index (κ2) is 8.50. The van der Waals surface area contributed by atoms with Gasteiger partial charge in [0.15, 0.2) is 5.89 Å². The van der Waals surface area contributed by atoms with Gasteiger partial charge < -0.3 is 25.5 Å². The van der Waals surface area contributed by atoms with Crippen LogP contribution >= 0.6 is 0 Å². The van der Waals surface area contributed by atoms with Gasteiger partial charge in [-0.15, -0.1) is 0 Å². The van der Waals surface area contributed by atoms with Gasteiger partial charge in [0.2, 0.25) is 11.6 Å². The van der Waals surface area contributed by atoms with Crippen LogP contribution in [0.15, 0.2) is 4.42 Å².